The Hall–Kier alpha value is -2.42. The Morgan fingerprint density at radius 2 is 1.86 bits per heavy atom. The lowest BCUT2D eigenvalue weighted by molar-refractivity contribution is -0.386. The van der Waals surface area contributed by atoms with Gasteiger partial charge in [-0.25, -0.2) is 4.98 Å². The zero-order chi connectivity index (χ0) is 15.6. The Balaban J connectivity index is 2.30. The molecule has 0 atom stereocenters. The Kier molecular flexibility index (Phi) is 3.94. The Bertz CT molecular complexity index is 677. The summed E-state index contributed by atoms with van der Waals surface area (Å²) in [6, 6.07) is 3.60. The number of benzene rings is 1. The molecule has 2 rings (SSSR count). The van der Waals surface area contributed by atoms with Gasteiger partial charge < -0.3 is 4.74 Å². The van der Waals surface area contributed by atoms with E-state index in [9.17, 15) is 23.3 Å². The molecule has 0 saturated carbocycles. The van der Waals surface area contributed by atoms with Gasteiger partial charge in [0.1, 0.15) is 11.9 Å². The highest BCUT2D eigenvalue weighted by Crippen LogP contribution is 2.33. The Morgan fingerprint density at radius 1 is 1.24 bits per heavy atom. The number of nitro groups is 1. The van der Waals surface area contributed by atoms with Crippen LogP contribution in [0.25, 0.3) is 0 Å². The zero-order valence-corrected chi connectivity index (χ0v) is 10.7. The molecule has 0 fully saturated rings. The molecule has 0 spiro atoms. The standard InChI is InChI=1S/C11H5ClF3N3O3/c12-10-16-5-8(18(19)20)9(17-10)21-7-3-1-6(2-4-7)11(13,14)15/h1-5H. The molecule has 0 radical (unpaired) electrons. The Morgan fingerprint density at radius 3 is 2.38 bits per heavy atom. The normalized spacial score (nSPS) is 11.2. The van der Waals surface area contributed by atoms with E-state index < -0.39 is 28.2 Å². The number of hydrogen-bond acceptors (Lipinski definition) is 5. The van der Waals surface area contributed by atoms with E-state index in [1.807, 2.05) is 0 Å². The quantitative estimate of drug-likeness (QED) is 0.488. The summed E-state index contributed by atoms with van der Waals surface area (Å²) in [6.45, 7) is 0. The first-order valence-corrected chi connectivity index (χ1v) is 5.67. The van der Waals surface area contributed by atoms with Gasteiger partial charge in [-0.15, -0.1) is 0 Å². The summed E-state index contributed by atoms with van der Waals surface area (Å²) in [5, 5.41) is 10.5. The summed E-state index contributed by atoms with van der Waals surface area (Å²) in [4.78, 5) is 16.9. The summed E-state index contributed by atoms with van der Waals surface area (Å²) < 4.78 is 42.3. The van der Waals surface area contributed by atoms with E-state index in [-0.39, 0.29) is 11.0 Å². The average molecular weight is 320 g/mol. The predicted molar refractivity (Wildman–Crippen MR) is 65.2 cm³/mol. The third-order valence-electron chi connectivity index (χ3n) is 2.30. The average Bonchev–Trinajstić information content (AvgIpc) is 2.38. The molecule has 0 aliphatic heterocycles. The van der Waals surface area contributed by atoms with Crippen LogP contribution in [0.3, 0.4) is 0 Å². The van der Waals surface area contributed by atoms with Gasteiger partial charge in [0.05, 0.1) is 10.5 Å². The molecular formula is C11H5ClF3N3O3. The number of rotatable bonds is 3. The summed E-state index contributed by atoms with van der Waals surface area (Å²) >= 11 is 5.50. The van der Waals surface area contributed by atoms with Gasteiger partial charge in [0.2, 0.25) is 5.28 Å². The van der Waals surface area contributed by atoms with E-state index in [2.05, 4.69) is 9.97 Å². The van der Waals surface area contributed by atoms with Crippen LogP contribution < -0.4 is 4.74 Å². The van der Waals surface area contributed by atoms with Crippen molar-refractivity contribution in [3.05, 3.63) is 51.4 Å². The summed E-state index contributed by atoms with van der Waals surface area (Å²) in [6.07, 6.45) is -3.64. The van der Waals surface area contributed by atoms with Gasteiger partial charge >= 0.3 is 17.7 Å². The number of alkyl halides is 3. The molecule has 0 saturated heterocycles. The minimum Gasteiger partial charge on any atom is -0.434 e. The van der Waals surface area contributed by atoms with Gasteiger partial charge in [0.25, 0.3) is 0 Å². The van der Waals surface area contributed by atoms with E-state index in [4.69, 9.17) is 16.3 Å². The number of hydrogen-bond donors (Lipinski definition) is 0. The predicted octanol–water partition coefficient (Wildman–Crippen LogP) is 3.85. The number of nitrogens with zero attached hydrogens (tertiary/aromatic N) is 3. The van der Waals surface area contributed by atoms with Crippen molar-refractivity contribution in [3.8, 4) is 11.6 Å². The van der Waals surface area contributed by atoms with E-state index in [1.165, 1.54) is 0 Å². The molecule has 110 valence electrons. The van der Waals surface area contributed by atoms with Crippen LogP contribution >= 0.6 is 11.6 Å². The van der Waals surface area contributed by atoms with Crippen LogP contribution in [0.1, 0.15) is 5.56 Å². The summed E-state index contributed by atoms with van der Waals surface area (Å²) in [5.41, 5.74) is -1.43. The molecule has 0 aliphatic rings. The monoisotopic (exact) mass is 319 g/mol. The minimum absolute atomic E-state index is 0.0548. The highest BCUT2D eigenvalue weighted by molar-refractivity contribution is 6.28. The lowest BCUT2D eigenvalue weighted by Crippen LogP contribution is -2.04. The molecule has 2 aromatic rings. The highest BCUT2D eigenvalue weighted by atomic mass is 35.5. The maximum atomic E-state index is 12.4. The molecular weight excluding hydrogens is 315 g/mol. The Labute approximate surface area is 120 Å². The molecule has 0 bridgehead atoms. The van der Waals surface area contributed by atoms with Gasteiger partial charge in [0, 0.05) is 0 Å². The van der Waals surface area contributed by atoms with Gasteiger partial charge in [0.15, 0.2) is 0 Å². The SMILES string of the molecule is O=[N+]([O-])c1cnc(Cl)nc1Oc1ccc(C(F)(F)F)cc1. The first-order chi connectivity index (χ1) is 9.77. The van der Waals surface area contributed by atoms with Crippen molar-refractivity contribution in [1.82, 2.24) is 9.97 Å². The number of ether oxygens (including phenoxy) is 1. The van der Waals surface area contributed by atoms with Crippen LogP contribution in [-0.4, -0.2) is 14.9 Å². The second kappa shape index (κ2) is 5.52. The molecule has 10 heteroatoms. The fourth-order valence-corrected chi connectivity index (χ4v) is 1.49. The third kappa shape index (κ3) is 3.57. The molecule has 0 N–H and O–H groups in total. The molecule has 0 aliphatic carbocycles. The first kappa shape index (κ1) is 15.0. The lowest BCUT2D eigenvalue weighted by Gasteiger charge is -2.08. The largest absolute Gasteiger partial charge is 0.434 e. The van der Waals surface area contributed by atoms with Gasteiger partial charge in [-0.1, -0.05) is 0 Å². The van der Waals surface area contributed by atoms with Crippen molar-refractivity contribution in [2.24, 2.45) is 0 Å². The molecule has 0 unspecified atom stereocenters. The van der Waals surface area contributed by atoms with Crippen molar-refractivity contribution >= 4 is 17.3 Å². The molecule has 6 nitrogen and oxygen atoms in total. The van der Waals surface area contributed by atoms with Crippen LogP contribution in [0.2, 0.25) is 5.28 Å². The van der Waals surface area contributed by atoms with Crippen LogP contribution in [-0.2, 0) is 6.18 Å². The highest BCUT2D eigenvalue weighted by Gasteiger charge is 2.30. The zero-order valence-electron chi connectivity index (χ0n) is 9.96. The maximum absolute atomic E-state index is 12.4. The smallest absolute Gasteiger partial charge is 0.416 e. The minimum atomic E-state index is -4.48. The molecule has 1 heterocycles. The molecule has 1 aromatic carbocycles. The molecule has 21 heavy (non-hydrogen) atoms. The first-order valence-electron chi connectivity index (χ1n) is 5.29. The van der Waals surface area contributed by atoms with Gasteiger partial charge in [-0.2, -0.15) is 18.2 Å². The fourth-order valence-electron chi connectivity index (χ4n) is 1.36. The van der Waals surface area contributed by atoms with E-state index in [1.54, 1.807) is 0 Å². The van der Waals surface area contributed by atoms with E-state index in [0.717, 1.165) is 30.5 Å². The van der Waals surface area contributed by atoms with Crippen molar-refractivity contribution in [1.29, 1.82) is 0 Å². The molecule has 1 aromatic heterocycles. The van der Waals surface area contributed by atoms with Crippen LogP contribution in [0.15, 0.2) is 30.5 Å². The summed E-state index contributed by atoms with van der Waals surface area (Å²) in [7, 11) is 0. The third-order valence-corrected chi connectivity index (χ3v) is 2.48. The van der Waals surface area contributed by atoms with E-state index in [0.29, 0.717) is 0 Å². The molecule has 0 amide bonds. The lowest BCUT2D eigenvalue weighted by atomic mass is 10.2. The second-order valence-corrected chi connectivity index (χ2v) is 4.05. The van der Waals surface area contributed by atoms with Crippen LogP contribution in [0, 0.1) is 10.1 Å². The van der Waals surface area contributed by atoms with Crippen molar-refractivity contribution in [2.75, 3.05) is 0 Å². The fraction of sp³-hybridized carbons (Fsp3) is 0.0909. The van der Waals surface area contributed by atoms with Crippen molar-refractivity contribution in [2.45, 2.75) is 6.18 Å². The van der Waals surface area contributed by atoms with Crippen molar-refractivity contribution in [3.63, 3.8) is 0 Å². The van der Waals surface area contributed by atoms with Crippen molar-refractivity contribution < 1.29 is 22.8 Å². The van der Waals surface area contributed by atoms with E-state index >= 15 is 0 Å². The maximum Gasteiger partial charge on any atom is 0.416 e. The van der Waals surface area contributed by atoms with Gasteiger partial charge in [-0.05, 0) is 35.9 Å². The van der Waals surface area contributed by atoms with Crippen LogP contribution in [0.4, 0.5) is 18.9 Å². The summed E-state index contributed by atoms with van der Waals surface area (Å²) in [5.74, 6) is -0.513. The number of aromatic nitrogens is 2. The van der Waals surface area contributed by atoms with Gasteiger partial charge in [-0.3, -0.25) is 10.1 Å². The second-order valence-electron chi connectivity index (χ2n) is 3.71. The van der Waals surface area contributed by atoms with Crippen LogP contribution in [0.5, 0.6) is 11.6 Å². The topological polar surface area (TPSA) is 78.2 Å². The number of halogens is 4.